The molecule has 0 nitrogen and oxygen atoms in total. The van der Waals surface area contributed by atoms with Crippen LogP contribution in [-0.2, 0) is 0 Å². The predicted molar refractivity (Wildman–Crippen MR) is 52.6 cm³/mol. The van der Waals surface area contributed by atoms with Crippen LogP contribution < -0.4 is 0 Å². The Morgan fingerprint density at radius 2 is 1.82 bits per heavy atom. The van der Waals surface area contributed by atoms with Crippen molar-refractivity contribution in [1.29, 1.82) is 0 Å². The molecule has 0 heteroatoms. The Labute approximate surface area is 70.3 Å². The summed E-state index contributed by atoms with van der Waals surface area (Å²) in [6, 6.07) is 0. The second-order valence-corrected chi connectivity index (χ2v) is 2.74. The molecule has 11 heavy (non-hydrogen) atoms. The minimum Gasteiger partial charge on any atom is -0.0874 e. The molecule has 0 spiro atoms. The maximum atomic E-state index is 2.23. The van der Waals surface area contributed by atoms with Gasteiger partial charge in [0.15, 0.2) is 0 Å². The van der Waals surface area contributed by atoms with Gasteiger partial charge >= 0.3 is 0 Å². The van der Waals surface area contributed by atoms with E-state index in [-0.39, 0.29) is 0 Å². The van der Waals surface area contributed by atoms with Crippen molar-refractivity contribution < 1.29 is 0 Å². The molecule has 0 atom stereocenters. The Morgan fingerprint density at radius 3 is 2.27 bits per heavy atom. The second-order valence-electron chi connectivity index (χ2n) is 2.74. The van der Waals surface area contributed by atoms with Crippen molar-refractivity contribution >= 4 is 0 Å². The molecule has 0 amide bonds. The zero-order valence-corrected chi connectivity index (χ0v) is 8.02. The van der Waals surface area contributed by atoms with Crippen LogP contribution in [0.3, 0.4) is 0 Å². The van der Waals surface area contributed by atoms with Crippen molar-refractivity contribution in [3.8, 4) is 0 Å². The van der Waals surface area contributed by atoms with E-state index in [9.17, 15) is 0 Å². The number of hydrogen-bond donors (Lipinski definition) is 0. The summed E-state index contributed by atoms with van der Waals surface area (Å²) in [5.41, 5.74) is 2.66. The van der Waals surface area contributed by atoms with Gasteiger partial charge in [0.1, 0.15) is 0 Å². The fraction of sp³-hybridized carbons (Fsp3) is 0.455. The molecule has 0 aliphatic heterocycles. The van der Waals surface area contributed by atoms with E-state index >= 15 is 0 Å². The fourth-order valence-corrected chi connectivity index (χ4v) is 1.05. The lowest BCUT2D eigenvalue weighted by atomic mass is 10.1. The first-order valence-electron chi connectivity index (χ1n) is 4.18. The molecule has 0 unspecified atom stereocenters. The lowest BCUT2D eigenvalue weighted by molar-refractivity contribution is 1.19. The van der Waals surface area contributed by atoms with Crippen LogP contribution in [0.2, 0.25) is 0 Å². The molecule has 0 N–H and O–H groups in total. The molecule has 0 radical (unpaired) electrons. The van der Waals surface area contributed by atoms with E-state index in [1.54, 1.807) is 0 Å². The molecule has 0 saturated carbocycles. The molecular weight excluding hydrogens is 132 g/mol. The van der Waals surface area contributed by atoms with Crippen molar-refractivity contribution in [1.82, 2.24) is 0 Å². The van der Waals surface area contributed by atoms with Crippen LogP contribution in [0.15, 0.2) is 35.5 Å². The summed E-state index contributed by atoms with van der Waals surface area (Å²) in [5.74, 6) is 0. The second kappa shape index (κ2) is 5.96. The lowest BCUT2D eigenvalue weighted by Gasteiger charge is -1.93. The summed E-state index contributed by atoms with van der Waals surface area (Å²) in [5, 5.41) is 0. The molecule has 0 heterocycles. The normalized spacial score (nSPS) is 14.5. The van der Waals surface area contributed by atoms with E-state index in [4.69, 9.17) is 0 Å². The van der Waals surface area contributed by atoms with Gasteiger partial charge in [-0.05, 0) is 27.2 Å². The first-order chi connectivity index (χ1) is 5.20. The fourth-order valence-electron chi connectivity index (χ4n) is 1.05. The molecule has 0 aromatic heterocycles. The molecular formula is C11H18. The van der Waals surface area contributed by atoms with E-state index < -0.39 is 0 Å². The molecule has 0 aliphatic rings. The van der Waals surface area contributed by atoms with E-state index in [1.165, 1.54) is 11.1 Å². The monoisotopic (exact) mass is 150 g/mol. The van der Waals surface area contributed by atoms with E-state index in [2.05, 4.69) is 45.1 Å². The zero-order valence-electron chi connectivity index (χ0n) is 8.02. The molecule has 0 rings (SSSR count). The Bertz CT molecular complexity index is 180. The van der Waals surface area contributed by atoms with Crippen LogP contribution in [0, 0.1) is 0 Å². The van der Waals surface area contributed by atoms with Crippen molar-refractivity contribution in [3.05, 3.63) is 35.5 Å². The van der Waals surface area contributed by atoms with Gasteiger partial charge in [-0.15, -0.1) is 0 Å². The van der Waals surface area contributed by atoms with Crippen LogP contribution in [0.1, 0.15) is 34.1 Å². The zero-order chi connectivity index (χ0) is 8.69. The predicted octanol–water partition coefficient (Wildman–Crippen LogP) is 3.87. The van der Waals surface area contributed by atoms with Crippen molar-refractivity contribution in [2.24, 2.45) is 0 Å². The third-order valence-corrected chi connectivity index (χ3v) is 1.41. The van der Waals surface area contributed by atoms with E-state index in [0.29, 0.717) is 0 Å². The Morgan fingerprint density at radius 1 is 1.18 bits per heavy atom. The third kappa shape index (κ3) is 5.65. The summed E-state index contributed by atoms with van der Waals surface area (Å²) < 4.78 is 0. The van der Waals surface area contributed by atoms with Gasteiger partial charge in [-0.2, -0.15) is 0 Å². The van der Waals surface area contributed by atoms with Gasteiger partial charge in [0.05, 0.1) is 0 Å². The SMILES string of the molecule is C\C=C/C(C)=C/C(C)=C/CC. The standard InChI is InChI=1S/C11H18/c1-5-7-10(3)9-11(4)8-6-2/h5,7-9H,6H2,1-4H3/b7-5-,10-9+,11-8+. The smallest absolute Gasteiger partial charge is 0.0374 e. The van der Waals surface area contributed by atoms with Crippen molar-refractivity contribution in [2.75, 3.05) is 0 Å². The molecule has 0 aromatic rings. The van der Waals surface area contributed by atoms with E-state index in [0.717, 1.165) is 6.42 Å². The third-order valence-electron chi connectivity index (χ3n) is 1.41. The summed E-state index contributed by atoms with van der Waals surface area (Å²) in [4.78, 5) is 0. The van der Waals surface area contributed by atoms with Crippen LogP contribution >= 0.6 is 0 Å². The summed E-state index contributed by atoms with van der Waals surface area (Å²) in [6.07, 6.45) is 9.72. The summed E-state index contributed by atoms with van der Waals surface area (Å²) >= 11 is 0. The first-order valence-corrected chi connectivity index (χ1v) is 4.18. The number of allylic oxidation sites excluding steroid dienone is 6. The van der Waals surface area contributed by atoms with Gasteiger partial charge in [0, 0.05) is 0 Å². The van der Waals surface area contributed by atoms with Crippen LogP contribution in [0.4, 0.5) is 0 Å². The van der Waals surface area contributed by atoms with Gasteiger partial charge in [0.25, 0.3) is 0 Å². The average Bonchev–Trinajstić information content (AvgIpc) is 1.87. The average molecular weight is 150 g/mol. The van der Waals surface area contributed by atoms with Gasteiger partial charge < -0.3 is 0 Å². The van der Waals surface area contributed by atoms with Gasteiger partial charge in [-0.3, -0.25) is 0 Å². The molecule has 0 aliphatic carbocycles. The summed E-state index contributed by atoms with van der Waals surface area (Å²) in [7, 11) is 0. The highest BCUT2D eigenvalue weighted by Gasteiger charge is 1.82. The van der Waals surface area contributed by atoms with Crippen LogP contribution in [0.5, 0.6) is 0 Å². The quantitative estimate of drug-likeness (QED) is 0.536. The number of rotatable bonds is 3. The molecule has 0 fully saturated rings. The van der Waals surface area contributed by atoms with Crippen molar-refractivity contribution in [2.45, 2.75) is 34.1 Å². The van der Waals surface area contributed by atoms with Gasteiger partial charge in [0.2, 0.25) is 0 Å². The first kappa shape index (κ1) is 10.2. The van der Waals surface area contributed by atoms with Gasteiger partial charge in [-0.1, -0.05) is 42.4 Å². The molecule has 0 saturated heterocycles. The maximum Gasteiger partial charge on any atom is -0.0374 e. The topological polar surface area (TPSA) is 0 Å². The molecule has 0 bridgehead atoms. The minimum atomic E-state index is 1.12. The summed E-state index contributed by atoms with van der Waals surface area (Å²) in [6.45, 7) is 8.45. The lowest BCUT2D eigenvalue weighted by Crippen LogP contribution is -1.72. The Balaban J connectivity index is 4.18. The Kier molecular flexibility index (Phi) is 5.54. The number of hydrogen-bond acceptors (Lipinski definition) is 0. The molecule has 0 aromatic carbocycles. The van der Waals surface area contributed by atoms with E-state index in [1.807, 2.05) is 6.92 Å². The molecule has 62 valence electrons. The Hall–Kier alpha value is -0.780. The van der Waals surface area contributed by atoms with Gasteiger partial charge in [-0.25, -0.2) is 0 Å². The maximum absolute atomic E-state index is 2.23. The highest BCUT2D eigenvalue weighted by molar-refractivity contribution is 5.26. The minimum absolute atomic E-state index is 1.12. The highest BCUT2D eigenvalue weighted by Crippen LogP contribution is 2.03. The van der Waals surface area contributed by atoms with Crippen LogP contribution in [-0.4, -0.2) is 0 Å². The highest BCUT2D eigenvalue weighted by atomic mass is 13.9. The largest absolute Gasteiger partial charge is 0.0874 e. The van der Waals surface area contributed by atoms with Crippen LogP contribution in [0.25, 0.3) is 0 Å². The van der Waals surface area contributed by atoms with Crippen molar-refractivity contribution in [3.63, 3.8) is 0 Å².